The first-order chi connectivity index (χ1) is 9.83. The number of nitrogens with one attached hydrogen (secondary N) is 1. The van der Waals surface area contributed by atoms with Crippen LogP contribution in [0.3, 0.4) is 0 Å². The second kappa shape index (κ2) is 8.14. The van der Waals surface area contributed by atoms with Crippen molar-refractivity contribution in [1.82, 2.24) is 14.9 Å². The number of unbranched alkanes of at least 4 members (excludes halogenated alkanes) is 1. The van der Waals surface area contributed by atoms with Gasteiger partial charge in [-0.05, 0) is 37.8 Å². The van der Waals surface area contributed by atoms with Gasteiger partial charge in [0.15, 0.2) is 0 Å². The third-order valence-electron chi connectivity index (χ3n) is 3.06. The van der Waals surface area contributed by atoms with Gasteiger partial charge < -0.3 is 10.1 Å². The van der Waals surface area contributed by atoms with Gasteiger partial charge in [-0.1, -0.05) is 0 Å². The maximum atomic E-state index is 12.1. The minimum absolute atomic E-state index is 0.0585. The molecule has 20 heavy (non-hydrogen) atoms. The Hall–Kier alpha value is -1.24. The van der Waals surface area contributed by atoms with Gasteiger partial charge in [0.2, 0.25) is 0 Å². The maximum absolute atomic E-state index is 12.1. The zero-order chi connectivity index (χ0) is 14.2. The molecule has 6 heteroatoms. The molecule has 0 radical (unpaired) electrons. The molecular weight excluding hydrogens is 274 g/mol. The molecule has 0 amide bonds. The Morgan fingerprint density at radius 3 is 3.15 bits per heavy atom. The van der Waals surface area contributed by atoms with Crippen molar-refractivity contribution in [2.75, 3.05) is 26.3 Å². The molecule has 1 N–H and O–H groups in total. The molecule has 0 atom stereocenters. The van der Waals surface area contributed by atoms with Gasteiger partial charge in [0.25, 0.3) is 5.56 Å². The van der Waals surface area contributed by atoms with Crippen LogP contribution in [0.5, 0.6) is 0 Å². The van der Waals surface area contributed by atoms with Crippen LogP contribution in [0.15, 0.2) is 22.6 Å². The summed E-state index contributed by atoms with van der Waals surface area (Å²) in [6.45, 7) is 6.02. The third kappa shape index (κ3) is 4.13. The average Bonchev–Trinajstić information content (AvgIpc) is 2.93. The number of ether oxygens (including phenoxy) is 1. The number of thiophene rings is 1. The number of nitrogens with zero attached hydrogens (tertiary/aromatic N) is 2. The molecule has 0 spiro atoms. The standard InChI is InChI=1S/C14H21N3O2S/c1-2-19-9-4-3-6-15-7-8-17-11-16-12-5-10-20-13(12)14(17)18/h5,10-11,15H,2-4,6-9H2,1H3. The predicted octanol–water partition coefficient (Wildman–Crippen LogP) is 1.86. The number of hydrogen-bond donors (Lipinski definition) is 1. The fraction of sp³-hybridized carbons (Fsp3) is 0.571. The number of hydrogen-bond acceptors (Lipinski definition) is 5. The Morgan fingerprint density at radius 2 is 2.30 bits per heavy atom. The summed E-state index contributed by atoms with van der Waals surface area (Å²) in [5.41, 5.74) is 0.850. The highest BCUT2D eigenvalue weighted by Gasteiger charge is 2.04. The van der Waals surface area contributed by atoms with Gasteiger partial charge in [-0.25, -0.2) is 4.98 Å². The highest BCUT2D eigenvalue weighted by atomic mass is 32.1. The van der Waals surface area contributed by atoms with Crippen molar-refractivity contribution in [1.29, 1.82) is 0 Å². The lowest BCUT2D eigenvalue weighted by Crippen LogP contribution is -2.27. The zero-order valence-corrected chi connectivity index (χ0v) is 12.6. The Bertz CT molecular complexity index is 579. The van der Waals surface area contributed by atoms with Crippen LogP contribution in [0, 0.1) is 0 Å². The Balaban J connectivity index is 1.71. The van der Waals surface area contributed by atoms with Gasteiger partial charge in [0.05, 0.1) is 11.8 Å². The first kappa shape index (κ1) is 15.2. The summed E-state index contributed by atoms with van der Waals surface area (Å²) < 4.78 is 7.69. The van der Waals surface area contributed by atoms with E-state index in [1.807, 2.05) is 18.4 Å². The lowest BCUT2D eigenvalue weighted by atomic mass is 10.3. The smallest absolute Gasteiger partial charge is 0.271 e. The van der Waals surface area contributed by atoms with Crippen molar-refractivity contribution in [3.05, 3.63) is 28.1 Å². The van der Waals surface area contributed by atoms with Gasteiger partial charge in [-0.2, -0.15) is 0 Å². The molecule has 0 unspecified atom stereocenters. The summed E-state index contributed by atoms with van der Waals surface area (Å²) in [5.74, 6) is 0. The van der Waals surface area contributed by atoms with Crippen LogP contribution in [0.1, 0.15) is 19.8 Å². The molecule has 0 aromatic carbocycles. The summed E-state index contributed by atoms with van der Waals surface area (Å²) in [7, 11) is 0. The van der Waals surface area contributed by atoms with E-state index in [9.17, 15) is 4.79 Å². The van der Waals surface area contributed by atoms with Crippen molar-refractivity contribution in [2.45, 2.75) is 26.3 Å². The molecule has 0 aliphatic carbocycles. The minimum atomic E-state index is 0.0585. The van der Waals surface area contributed by atoms with Gasteiger partial charge >= 0.3 is 0 Å². The summed E-state index contributed by atoms with van der Waals surface area (Å²) in [6, 6.07) is 1.88. The normalized spacial score (nSPS) is 11.2. The first-order valence-electron chi connectivity index (χ1n) is 7.04. The second-order valence-corrected chi connectivity index (χ2v) is 5.45. The van der Waals surface area contributed by atoms with E-state index < -0.39 is 0 Å². The van der Waals surface area contributed by atoms with Crippen LogP contribution in [0.25, 0.3) is 10.2 Å². The van der Waals surface area contributed by atoms with E-state index >= 15 is 0 Å². The van der Waals surface area contributed by atoms with Crippen molar-refractivity contribution in [2.24, 2.45) is 0 Å². The van der Waals surface area contributed by atoms with Crippen LogP contribution in [0.2, 0.25) is 0 Å². The van der Waals surface area contributed by atoms with Crippen molar-refractivity contribution < 1.29 is 4.74 Å². The largest absolute Gasteiger partial charge is 0.382 e. The lowest BCUT2D eigenvalue weighted by molar-refractivity contribution is 0.143. The number of fused-ring (bicyclic) bond motifs is 1. The number of aromatic nitrogens is 2. The quantitative estimate of drug-likeness (QED) is 0.718. The molecule has 110 valence electrons. The Morgan fingerprint density at radius 1 is 1.40 bits per heavy atom. The SMILES string of the molecule is CCOCCCCNCCn1cnc2ccsc2c1=O. The van der Waals surface area contributed by atoms with Crippen LogP contribution < -0.4 is 10.9 Å². The highest BCUT2D eigenvalue weighted by molar-refractivity contribution is 7.17. The van der Waals surface area contributed by atoms with Crippen molar-refractivity contribution in [3.8, 4) is 0 Å². The van der Waals surface area contributed by atoms with E-state index in [-0.39, 0.29) is 5.56 Å². The number of rotatable bonds is 9. The van der Waals surface area contributed by atoms with E-state index in [4.69, 9.17) is 4.74 Å². The van der Waals surface area contributed by atoms with Crippen LogP contribution in [0.4, 0.5) is 0 Å². The van der Waals surface area contributed by atoms with Gasteiger partial charge in [-0.15, -0.1) is 11.3 Å². The van der Waals surface area contributed by atoms with E-state index in [1.165, 1.54) is 11.3 Å². The Labute approximate surface area is 122 Å². The summed E-state index contributed by atoms with van der Waals surface area (Å²) in [6.07, 6.45) is 3.80. The molecule has 0 bridgehead atoms. The monoisotopic (exact) mass is 295 g/mol. The lowest BCUT2D eigenvalue weighted by Gasteiger charge is -2.07. The highest BCUT2D eigenvalue weighted by Crippen LogP contribution is 2.12. The van der Waals surface area contributed by atoms with Crippen LogP contribution in [-0.4, -0.2) is 35.9 Å². The summed E-state index contributed by atoms with van der Waals surface area (Å²) in [5, 5.41) is 5.24. The second-order valence-electron chi connectivity index (χ2n) is 4.53. The molecule has 2 rings (SSSR count). The zero-order valence-electron chi connectivity index (χ0n) is 11.8. The minimum Gasteiger partial charge on any atom is -0.382 e. The maximum Gasteiger partial charge on any atom is 0.271 e. The molecule has 2 aromatic heterocycles. The summed E-state index contributed by atoms with van der Waals surface area (Å²) in [4.78, 5) is 16.4. The molecule has 0 saturated heterocycles. The third-order valence-corrected chi connectivity index (χ3v) is 3.95. The van der Waals surface area contributed by atoms with Gasteiger partial charge in [0.1, 0.15) is 4.70 Å². The molecule has 0 aliphatic heterocycles. The molecule has 2 heterocycles. The fourth-order valence-electron chi connectivity index (χ4n) is 1.96. The van der Waals surface area contributed by atoms with Crippen LogP contribution in [-0.2, 0) is 11.3 Å². The molecule has 0 aliphatic rings. The Kier molecular flexibility index (Phi) is 6.17. The van der Waals surface area contributed by atoms with E-state index in [0.717, 1.165) is 49.4 Å². The van der Waals surface area contributed by atoms with E-state index in [1.54, 1.807) is 10.9 Å². The fourth-order valence-corrected chi connectivity index (χ4v) is 2.75. The predicted molar refractivity (Wildman–Crippen MR) is 82.5 cm³/mol. The van der Waals surface area contributed by atoms with E-state index in [0.29, 0.717) is 6.54 Å². The van der Waals surface area contributed by atoms with Crippen LogP contribution >= 0.6 is 11.3 Å². The molecule has 0 saturated carbocycles. The molecule has 0 fully saturated rings. The van der Waals surface area contributed by atoms with Gasteiger partial charge in [0, 0.05) is 26.3 Å². The molecule has 2 aromatic rings. The van der Waals surface area contributed by atoms with Gasteiger partial charge in [-0.3, -0.25) is 9.36 Å². The average molecular weight is 295 g/mol. The molecular formula is C14H21N3O2S. The van der Waals surface area contributed by atoms with E-state index in [2.05, 4.69) is 10.3 Å². The summed E-state index contributed by atoms with van der Waals surface area (Å²) >= 11 is 1.45. The van der Waals surface area contributed by atoms with Crippen molar-refractivity contribution >= 4 is 21.6 Å². The topological polar surface area (TPSA) is 56.1 Å². The molecule has 5 nitrogen and oxygen atoms in total. The van der Waals surface area contributed by atoms with Crippen molar-refractivity contribution in [3.63, 3.8) is 0 Å². The first-order valence-corrected chi connectivity index (χ1v) is 7.92.